The van der Waals surface area contributed by atoms with Gasteiger partial charge in [-0.2, -0.15) is 10.2 Å². The Bertz CT molecular complexity index is 1490. The fourth-order valence-electron chi connectivity index (χ4n) is 7.43. The lowest BCUT2D eigenvalue weighted by Gasteiger charge is -2.49. The Morgan fingerprint density at radius 2 is 1.85 bits per heavy atom. The number of methoxy groups -OCH3 is 1. The molecule has 2 fully saturated rings. The van der Waals surface area contributed by atoms with Gasteiger partial charge < -0.3 is 14.6 Å². The molecule has 6 rings (SSSR count). The molecule has 3 aromatic carbocycles. The van der Waals surface area contributed by atoms with E-state index in [1.54, 1.807) is 13.3 Å². The first-order valence-corrected chi connectivity index (χ1v) is 14.0. The Labute approximate surface area is 233 Å². The molecule has 4 atom stereocenters. The van der Waals surface area contributed by atoms with Gasteiger partial charge in [0.05, 0.1) is 13.3 Å². The van der Waals surface area contributed by atoms with Gasteiger partial charge in [0.15, 0.2) is 11.6 Å². The number of ether oxygens (including phenoxy) is 2. The summed E-state index contributed by atoms with van der Waals surface area (Å²) in [4.78, 5) is 0. The van der Waals surface area contributed by atoms with Crippen molar-refractivity contribution >= 4 is 11.9 Å². The average Bonchev–Trinajstić information content (AvgIpc) is 3.28. The van der Waals surface area contributed by atoms with Crippen LogP contribution >= 0.6 is 0 Å². The summed E-state index contributed by atoms with van der Waals surface area (Å²) in [5, 5.41) is 19.2. The molecule has 3 aliphatic rings. The minimum Gasteiger partial charge on any atom is -0.508 e. The van der Waals surface area contributed by atoms with Gasteiger partial charge in [0.1, 0.15) is 23.9 Å². The number of phenolic OH excluding ortho intramolecular Hbond substituents is 1. The number of aryl methyl sites for hydroxylation is 1. The number of fused-ring (bicyclic) bond motifs is 5. The maximum Gasteiger partial charge on any atom is 0.167 e. The molecule has 40 heavy (non-hydrogen) atoms. The van der Waals surface area contributed by atoms with Crippen molar-refractivity contribution in [3.8, 4) is 17.2 Å². The van der Waals surface area contributed by atoms with E-state index in [9.17, 15) is 13.9 Å². The molecule has 7 heteroatoms. The first-order chi connectivity index (χ1) is 19.4. The summed E-state index contributed by atoms with van der Waals surface area (Å²) in [6, 6.07) is 14.8. The Kier molecular flexibility index (Phi) is 7.07. The predicted octanol–water partition coefficient (Wildman–Crippen LogP) is 7.59. The van der Waals surface area contributed by atoms with Crippen molar-refractivity contribution in [2.45, 2.75) is 58.0 Å². The highest BCUT2D eigenvalue weighted by Crippen LogP contribution is 2.60. The van der Waals surface area contributed by atoms with Crippen LogP contribution in [0.3, 0.4) is 0 Å². The van der Waals surface area contributed by atoms with E-state index < -0.39 is 11.6 Å². The van der Waals surface area contributed by atoms with E-state index in [4.69, 9.17) is 14.6 Å². The van der Waals surface area contributed by atoms with Gasteiger partial charge in [-0.25, -0.2) is 8.78 Å². The number of hydrogen-bond donors (Lipinski definition) is 1. The lowest BCUT2D eigenvalue weighted by Crippen LogP contribution is -2.42. The molecular formula is C33H34F2N2O3. The second kappa shape index (κ2) is 10.7. The molecule has 0 heterocycles. The molecule has 0 bridgehead atoms. The number of phenols is 1. The summed E-state index contributed by atoms with van der Waals surface area (Å²) in [6.45, 7) is 2.44. The van der Waals surface area contributed by atoms with Crippen LogP contribution in [-0.2, 0) is 13.0 Å². The minimum atomic E-state index is -0.748. The Hall–Kier alpha value is -3.74. The first kappa shape index (κ1) is 26.5. The standard InChI is InChI=1S/C33H34F2N2O3/c1-33-14-13-26-25-8-6-24(38)16-21(25)4-7-27(26)28(33)9-12-32(33)37-36-18-20-3-10-30(39-2)22(15-20)19-40-31-11-5-23(34)17-29(31)35/h3,5-6,8,10-11,15-18,26-28,38H,4,7,9,12-14,19H2,1-2H3/b36-18-,37-32-/t26-,27-,28+,33+/m1/s1. The van der Waals surface area contributed by atoms with Gasteiger partial charge in [-0.3, -0.25) is 0 Å². The molecule has 5 nitrogen and oxygen atoms in total. The molecular weight excluding hydrogens is 510 g/mol. The van der Waals surface area contributed by atoms with Crippen molar-refractivity contribution in [1.82, 2.24) is 0 Å². The highest BCUT2D eigenvalue weighted by molar-refractivity contribution is 5.93. The molecule has 2 saturated carbocycles. The fourth-order valence-corrected chi connectivity index (χ4v) is 7.43. The van der Waals surface area contributed by atoms with Gasteiger partial charge in [-0.1, -0.05) is 13.0 Å². The number of hydrogen-bond acceptors (Lipinski definition) is 5. The van der Waals surface area contributed by atoms with Crippen LogP contribution < -0.4 is 9.47 Å². The molecule has 0 unspecified atom stereocenters. The summed E-state index contributed by atoms with van der Waals surface area (Å²) in [6.07, 6.45) is 8.26. The number of nitrogens with zero attached hydrogens (tertiary/aromatic N) is 2. The van der Waals surface area contributed by atoms with E-state index in [0.717, 1.165) is 61.8 Å². The zero-order valence-electron chi connectivity index (χ0n) is 22.9. The zero-order valence-corrected chi connectivity index (χ0v) is 22.9. The maximum absolute atomic E-state index is 14.0. The highest BCUT2D eigenvalue weighted by Gasteiger charge is 2.53. The fraction of sp³-hybridized carbons (Fsp3) is 0.394. The molecule has 0 aliphatic heterocycles. The van der Waals surface area contributed by atoms with Crippen molar-refractivity contribution in [3.63, 3.8) is 0 Å². The zero-order chi connectivity index (χ0) is 27.9. The average molecular weight is 545 g/mol. The maximum atomic E-state index is 14.0. The molecule has 0 aromatic heterocycles. The smallest absolute Gasteiger partial charge is 0.167 e. The second-order valence-electron chi connectivity index (χ2n) is 11.5. The number of benzene rings is 3. The third-order valence-corrected chi connectivity index (χ3v) is 9.42. The third kappa shape index (κ3) is 4.87. The van der Waals surface area contributed by atoms with E-state index in [0.29, 0.717) is 29.3 Å². The summed E-state index contributed by atoms with van der Waals surface area (Å²) in [7, 11) is 1.57. The Morgan fingerprint density at radius 3 is 2.67 bits per heavy atom. The first-order valence-electron chi connectivity index (χ1n) is 14.0. The normalized spacial score (nSPS) is 26.4. The van der Waals surface area contributed by atoms with Crippen LogP contribution in [0.15, 0.2) is 64.8 Å². The molecule has 1 N–H and O–H groups in total. The number of aromatic hydroxyl groups is 1. The molecule has 0 amide bonds. The Balaban J connectivity index is 1.17. The lowest BCUT2D eigenvalue weighted by atomic mass is 9.55. The van der Waals surface area contributed by atoms with E-state index in [-0.39, 0.29) is 17.8 Å². The van der Waals surface area contributed by atoms with Crippen molar-refractivity contribution in [1.29, 1.82) is 0 Å². The van der Waals surface area contributed by atoms with Crippen LogP contribution in [0, 0.1) is 28.9 Å². The van der Waals surface area contributed by atoms with Gasteiger partial charge >= 0.3 is 0 Å². The second-order valence-corrected chi connectivity index (χ2v) is 11.5. The van der Waals surface area contributed by atoms with Gasteiger partial charge in [0.2, 0.25) is 0 Å². The largest absolute Gasteiger partial charge is 0.508 e. The van der Waals surface area contributed by atoms with Crippen LogP contribution in [0.5, 0.6) is 17.2 Å². The predicted molar refractivity (Wildman–Crippen MR) is 151 cm³/mol. The monoisotopic (exact) mass is 544 g/mol. The quantitative estimate of drug-likeness (QED) is 0.257. The van der Waals surface area contributed by atoms with Crippen LogP contribution in [0.25, 0.3) is 0 Å². The van der Waals surface area contributed by atoms with Crippen molar-refractivity contribution < 1.29 is 23.4 Å². The van der Waals surface area contributed by atoms with Gasteiger partial charge in [0, 0.05) is 22.8 Å². The molecule has 0 spiro atoms. The molecule has 3 aromatic rings. The van der Waals surface area contributed by atoms with E-state index in [1.807, 2.05) is 30.3 Å². The summed E-state index contributed by atoms with van der Waals surface area (Å²) in [5.74, 6) is 1.36. The van der Waals surface area contributed by atoms with Crippen LogP contribution in [0.1, 0.15) is 67.2 Å². The summed E-state index contributed by atoms with van der Waals surface area (Å²) >= 11 is 0. The van der Waals surface area contributed by atoms with E-state index >= 15 is 0 Å². The van der Waals surface area contributed by atoms with Crippen LogP contribution in [0.2, 0.25) is 0 Å². The van der Waals surface area contributed by atoms with E-state index in [1.165, 1.54) is 22.9 Å². The van der Waals surface area contributed by atoms with Crippen molar-refractivity contribution in [2.75, 3.05) is 7.11 Å². The molecule has 3 aliphatic carbocycles. The number of halogens is 2. The van der Waals surface area contributed by atoms with Crippen molar-refractivity contribution in [3.05, 3.63) is 88.5 Å². The van der Waals surface area contributed by atoms with Crippen LogP contribution in [-0.4, -0.2) is 24.1 Å². The van der Waals surface area contributed by atoms with Gasteiger partial charge in [-0.15, -0.1) is 0 Å². The van der Waals surface area contributed by atoms with Crippen LogP contribution in [0.4, 0.5) is 8.78 Å². The highest BCUT2D eigenvalue weighted by atomic mass is 19.1. The molecule has 0 saturated heterocycles. The van der Waals surface area contributed by atoms with Gasteiger partial charge in [0.25, 0.3) is 0 Å². The SMILES string of the molecule is COc1ccc(/C=N\N=C2\CC[C@H]3[C@@H]4CCc5cc(O)ccc5[C@H]4CC[C@]23C)cc1COc1ccc(F)cc1F. The summed E-state index contributed by atoms with van der Waals surface area (Å²) in [5.41, 5.74) is 5.55. The third-order valence-electron chi connectivity index (χ3n) is 9.42. The summed E-state index contributed by atoms with van der Waals surface area (Å²) < 4.78 is 38.3. The lowest BCUT2D eigenvalue weighted by molar-refractivity contribution is 0.0955. The van der Waals surface area contributed by atoms with E-state index in [2.05, 4.69) is 18.1 Å². The van der Waals surface area contributed by atoms with Gasteiger partial charge in [-0.05, 0) is 115 Å². The van der Waals surface area contributed by atoms with Crippen molar-refractivity contribution in [2.24, 2.45) is 27.5 Å². The number of rotatable bonds is 6. The molecule has 0 radical (unpaired) electrons. The topological polar surface area (TPSA) is 63.4 Å². The Morgan fingerprint density at radius 1 is 1.00 bits per heavy atom. The minimum absolute atomic E-state index is 0.0210. The molecule has 208 valence electrons.